The van der Waals surface area contributed by atoms with Gasteiger partial charge in [-0.3, -0.25) is 9.59 Å². The molecule has 0 saturated carbocycles. The molecular weight excluding hydrogens is 210 g/mol. The van der Waals surface area contributed by atoms with Gasteiger partial charge in [-0.15, -0.1) is 0 Å². The molecule has 5 nitrogen and oxygen atoms in total. The summed E-state index contributed by atoms with van der Waals surface area (Å²) in [5, 5.41) is 8.53. The van der Waals surface area contributed by atoms with Crippen LogP contribution < -0.4 is 0 Å². The number of hydrogen-bond acceptors (Lipinski definition) is 3. The van der Waals surface area contributed by atoms with E-state index in [1.807, 2.05) is 0 Å². The summed E-state index contributed by atoms with van der Waals surface area (Å²) >= 11 is 0. The second-order valence-electron chi connectivity index (χ2n) is 4.09. The van der Waals surface area contributed by atoms with E-state index in [0.717, 1.165) is 25.8 Å². The molecule has 1 N–H and O–H groups in total. The summed E-state index contributed by atoms with van der Waals surface area (Å²) in [6.45, 7) is 1.27. The number of carbonyl (C=O) groups excluding carboxylic acids is 1. The van der Waals surface area contributed by atoms with Crippen molar-refractivity contribution in [2.24, 2.45) is 0 Å². The molecule has 1 atom stereocenters. The van der Waals surface area contributed by atoms with Crippen LogP contribution in [0.4, 0.5) is 0 Å². The average Bonchev–Trinajstić information content (AvgIpc) is 2.27. The molecule has 1 rings (SSSR count). The molecule has 0 radical (unpaired) electrons. The summed E-state index contributed by atoms with van der Waals surface area (Å²) < 4.78 is 5.08. The Morgan fingerprint density at radius 2 is 2.12 bits per heavy atom. The maximum atomic E-state index is 11.8. The second-order valence-corrected chi connectivity index (χ2v) is 4.09. The Morgan fingerprint density at radius 3 is 2.75 bits per heavy atom. The molecule has 0 aromatic carbocycles. The van der Waals surface area contributed by atoms with Gasteiger partial charge in [0.15, 0.2) is 0 Å². The highest BCUT2D eigenvalue weighted by Gasteiger charge is 2.26. The van der Waals surface area contributed by atoms with Crippen molar-refractivity contribution in [3.05, 3.63) is 0 Å². The number of amides is 1. The predicted molar refractivity (Wildman–Crippen MR) is 58.1 cm³/mol. The lowest BCUT2D eigenvalue weighted by Gasteiger charge is -2.35. The number of rotatable bonds is 5. The Morgan fingerprint density at radius 1 is 1.38 bits per heavy atom. The van der Waals surface area contributed by atoms with E-state index in [2.05, 4.69) is 0 Å². The van der Waals surface area contributed by atoms with E-state index in [0.29, 0.717) is 6.61 Å². The highest BCUT2D eigenvalue weighted by atomic mass is 16.5. The highest BCUT2D eigenvalue weighted by molar-refractivity contribution is 5.81. The van der Waals surface area contributed by atoms with Crippen LogP contribution in [0.5, 0.6) is 0 Å². The minimum atomic E-state index is -0.923. The van der Waals surface area contributed by atoms with Gasteiger partial charge in [0.1, 0.15) is 0 Å². The first kappa shape index (κ1) is 13.0. The van der Waals surface area contributed by atoms with Crippen molar-refractivity contribution in [2.75, 3.05) is 20.3 Å². The number of hydrogen-bond donors (Lipinski definition) is 1. The molecule has 1 fully saturated rings. The summed E-state index contributed by atoms with van der Waals surface area (Å²) in [7, 11) is 1.62. The summed E-state index contributed by atoms with van der Waals surface area (Å²) in [6.07, 6.45) is 3.06. The van der Waals surface area contributed by atoms with E-state index >= 15 is 0 Å². The first-order valence-electron chi connectivity index (χ1n) is 5.65. The van der Waals surface area contributed by atoms with Crippen LogP contribution in [-0.2, 0) is 14.3 Å². The Balaban J connectivity index is 2.46. The van der Waals surface area contributed by atoms with Crippen molar-refractivity contribution in [2.45, 2.75) is 38.1 Å². The molecule has 1 aliphatic heterocycles. The third kappa shape index (κ3) is 3.81. The monoisotopic (exact) mass is 229 g/mol. The van der Waals surface area contributed by atoms with Gasteiger partial charge >= 0.3 is 5.97 Å². The summed E-state index contributed by atoms with van der Waals surface area (Å²) in [6, 6.07) is 0.125. The Labute approximate surface area is 95.4 Å². The standard InChI is InChI=1S/C11H19NO4/c1-16-8-9-4-2-3-7-12(9)10(13)5-6-11(14)15/h9H,2-8H2,1H3,(H,14,15)/t9-/m0/s1. The fourth-order valence-corrected chi connectivity index (χ4v) is 2.05. The minimum absolute atomic E-state index is 0.0656. The van der Waals surface area contributed by atoms with Gasteiger partial charge < -0.3 is 14.7 Å². The molecule has 1 saturated heterocycles. The zero-order chi connectivity index (χ0) is 12.0. The highest BCUT2D eigenvalue weighted by Crippen LogP contribution is 2.18. The van der Waals surface area contributed by atoms with Crippen LogP contribution in [0, 0.1) is 0 Å². The van der Waals surface area contributed by atoms with Gasteiger partial charge in [0, 0.05) is 20.1 Å². The van der Waals surface area contributed by atoms with Crippen molar-refractivity contribution in [3.8, 4) is 0 Å². The van der Waals surface area contributed by atoms with Gasteiger partial charge in [-0.05, 0) is 19.3 Å². The van der Waals surface area contributed by atoms with Crippen LogP contribution in [0.25, 0.3) is 0 Å². The molecule has 0 bridgehead atoms. The molecule has 1 aliphatic rings. The maximum Gasteiger partial charge on any atom is 0.303 e. The van der Waals surface area contributed by atoms with E-state index in [1.54, 1.807) is 12.0 Å². The molecule has 1 heterocycles. The number of ether oxygens (including phenoxy) is 1. The van der Waals surface area contributed by atoms with Crippen LogP contribution in [-0.4, -0.2) is 48.2 Å². The van der Waals surface area contributed by atoms with Crippen LogP contribution in [0.1, 0.15) is 32.1 Å². The van der Waals surface area contributed by atoms with Crippen LogP contribution in [0.3, 0.4) is 0 Å². The molecule has 5 heteroatoms. The Bertz CT molecular complexity index is 252. The number of nitrogens with zero attached hydrogens (tertiary/aromatic N) is 1. The first-order chi connectivity index (χ1) is 7.65. The van der Waals surface area contributed by atoms with Gasteiger partial charge in [0.25, 0.3) is 0 Å². The van der Waals surface area contributed by atoms with Crippen molar-refractivity contribution in [1.82, 2.24) is 4.90 Å². The number of methoxy groups -OCH3 is 1. The molecule has 16 heavy (non-hydrogen) atoms. The van der Waals surface area contributed by atoms with Crippen LogP contribution >= 0.6 is 0 Å². The quantitative estimate of drug-likeness (QED) is 0.760. The number of carboxylic acid groups (broad SMARTS) is 1. The van der Waals surface area contributed by atoms with Crippen LogP contribution in [0.2, 0.25) is 0 Å². The third-order valence-corrected chi connectivity index (χ3v) is 2.86. The molecule has 0 aliphatic carbocycles. The lowest BCUT2D eigenvalue weighted by atomic mass is 10.0. The zero-order valence-corrected chi connectivity index (χ0v) is 9.65. The van der Waals surface area contributed by atoms with E-state index in [9.17, 15) is 9.59 Å². The fraction of sp³-hybridized carbons (Fsp3) is 0.818. The van der Waals surface area contributed by atoms with Crippen LogP contribution in [0.15, 0.2) is 0 Å². The minimum Gasteiger partial charge on any atom is -0.481 e. The van der Waals surface area contributed by atoms with Gasteiger partial charge in [-0.2, -0.15) is 0 Å². The average molecular weight is 229 g/mol. The maximum absolute atomic E-state index is 11.8. The van der Waals surface area contributed by atoms with E-state index < -0.39 is 5.97 Å². The molecule has 0 spiro atoms. The zero-order valence-electron chi connectivity index (χ0n) is 9.65. The fourth-order valence-electron chi connectivity index (χ4n) is 2.05. The molecular formula is C11H19NO4. The molecule has 0 aromatic heterocycles. The van der Waals surface area contributed by atoms with Gasteiger partial charge in [-0.1, -0.05) is 0 Å². The molecule has 92 valence electrons. The lowest BCUT2D eigenvalue weighted by Crippen LogP contribution is -2.46. The molecule has 1 amide bonds. The number of aliphatic carboxylic acids is 1. The van der Waals surface area contributed by atoms with Crippen molar-refractivity contribution < 1.29 is 19.4 Å². The molecule has 0 unspecified atom stereocenters. The second kappa shape index (κ2) is 6.48. The van der Waals surface area contributed by atoms with Gasteiger partial charge in [0.05, 0.1) is 19.1 Å². The van der Waals surface area contributed by atoms with E-state index in [-0.39, 0.29) is 24.8 Å². The van der Waals surface area contributed by atoms with Gasteiger partial charge in [-0.25, -0.2) is 0 Å². The smallest absolute Gasteiger partial charge is 0.303 e. The first-order valence-corrected chi connectivity index (χ1v) is 5.65. The number of carbonyl (C=O) groups is 2. The van der Waals surface area contributed by atoms with Crippen molar-refractivity contribution in [3.63, 3.8) is 0 Å². The van der Waals surface area contributed by atoms with Gasteiger partial charge in [0.2, 0.25) is 5.91 Å². The SMILES string of the molecule is COC[C@@H]1CCCCN1C(=O)CCC(=O)O. The number of likely N-dealkylation sites (tertiary alicyclic amines) is 1. The number of carboxylic acids is 1. The largest absolute Gasteiger partial charge is 0.481 e. The Kier molecular flexibility index (Phi) is 5.25. The van der Waals surface area contributed by atoms with Crippen molar-refractivity contribution in [1.29, 1.82) is 0 Å². The Hall–Kier alpha value is -1.10. The van der Waals surface area contributed by atoms with E-state index in [4.69, 9.17) is 9.84 Å². The normalized spacial score (nSPS) is 20.8. The number of piperidine rings is 1. The molecule has 0 aromatic rings. The third-order valence-electron chi connectivity index (χ3n) is 2.86. The lowest BCUT2D eigenvalue weighted by molar-refractivity contribution is -0.142. The topological polar surface area (TPSA) is 66.8 Å². The predicted octanol–water partition coefficient (Wildman–Crippen LogP) is 0.879. The summed E-state index contributed by atoms with van der Waals surface area (Å²) in [5.74, 6) is -0.988. The van der Waals surface area contributed by atoms with E-state index in [1.165, 1.54) is 0 Å². The van der Waals surface area contributed by atoms with Crippen molar-refractivity contribution >= 4 is 11.9 Å². The summed E-state index contributed by atoms with van der Waals surface area (Å²) in [4.78, 5) is 24.0. The summed E-state index contributed by atoms with van der Waals surface area (Å²) in [5.41, 5.74) is 0.